The molecule has 1 radical (unpaired) electrons. The fourth-order valence-corrected chi connectivity index (χ4v) is 5.73. The molecule has 1 aliphatic rings. The van der Waals surface area contributed by atoms with E-state index in [9.17, 15) is 0 Å². The standard InChI is InChI=1S/C20H21N2S.C11H8N.Ir/c1-20(2,3)13-8-10-21-16(12-13)14-9-11-22-18-15-6-4-5-7-17(15)23-19(14)18;1-2-6-10(7-3-1)11-8-4-5-9-12-11;/h8,10-12H,4-7H2,1-3H3;1-6,8-9H;/q2*-1;. The molecule has 1 aliphatic carbocycles. The Morgan fingerprint density at radius 1 is 0.833 bits per heavy atom. The van der Waals surface area contributed by atoms with Crippen molar-refractivity contribution in [1.82, 2.24) is 15.0 Å². The molecule has 1 aromatic carbocycles. The van der Waals surface area contributed by atoms with Gasteiger partial charge >= 0.3 is 0 Å². The molecule has 0 atom stereocenters. The van der Waals surface area contributed by atoms with Crippen molar-refractivity contribution in [3.05, 3.63) is 101 Å². The predicted octanol–water partition coefficient (Wildman–Crippen LogP) is 7.88. The van der Waals surface area contributed by atoms with Crippen LogP contribution in [-0.4, -0.2) is 15.0 Å². The van der Waals surface area contributed by atoms with E-state index in [1.807, 2.05) is 66.2 Å². The second kappa shape index (κ2) is 11.6. The summed E-state index contributed by atoms with van der Waals surface area (Å²) in [6.07, 6.45) is 10.5. The van der Waals surface area contributed by atoms with Crippen LogP contribution in [0.4, 0.5) is 0 Å². The number of pyridine rings is 3. The number of benzene rings is 1. The zero-order valence-corrected chi connectivity index (χ0v) is 24.1. The van der Waals surface area contributed by atoms with Gasteiger partial charge in [-0.25, -0.2) is 11.3 Å². The van der Waals surface area contributed by atoms with E-state index in [2.05, 4.69) is 60.0 Å². The van der Waals surface area contributed by atoms with Crippen LogP contribution in [-0.2, 0) is 38.4 Å². The van der Waals surface area contributed by atoms with Gasteiger partial charge in [-0.3, -0.25) is 4.98 Å². The SMILES string of the molecule is CC(C)(C)c1ccnc(-c2[c-]cnc3c4c(sc23)CCCC4)c1.[Ir].[c-]1ccccc1-c1ccccn1. The predicted molar refractivity (Wildman–Crippen MR) is 146 cm³/mol. The average molecular weight is 668 g/mol. The summed E-state index contributed by atoms with van der Waals surface area (Å²) in [7, 11) is 0. The number of fused-ring (bicyclic) bond motifs is 3. The summed E-state index contributed by atoms with van der Waals surface area (Å²) in [4.78, 5) is 15.0. The molecule has 0 saturated carbocycles. The average Bonchev–Trinajstić information content (AvgIpc) is 3.29. The molecule has 5 heteroatoms. The van der Waals surface area contributed by atoms with Crippen LogP contribution in [0, 0.1) is 12.1 Å². The van der Waals surface area contributed by atoms with Gasteiger partial charge < -0.3 is 9.97 Å². The first-order valence-corrected chi connectivity index (χ1v) is 13.0. The molecule has 6 rings (SSSR count). The number of nitrogens with zero attached hydrogens (tertiary/aromatic N) is 3. The van der Waals surface area contributed by atoms with E-state index < -0.39 is 0 Å². The molecular formula is C31H29IrN3S-2. The Morgan fingerprint density at radius 3 is 2.39 bits per heavy atom. The van der Waals surface area contributed by atoms with Crippen molar-refractivity contribution in [3.8, 4) is 22.5 Å². The van der Waals surface area contributed by atoms with Crippen LogP contribution in [0.2, 0.25) is 0 Å². The maximum atomic E-state index is 4.64. The molecule has 0 aliphatic heterocycles. The Balaban J connectivity index is 0.000000198. The number of aryl methyl sites for hydroxylation is 2. The van der Waals surface area contributed by atoms with Crippen molar-refractivity contribution in [2.45, 2.75) is 51.9 Å². The van der Waals surface area contributed by atoms with Gasteiger partial charge in [-0.2, -0.15) is 6.07 Å². The van der Waals surface area contributed by atoms with E-state index in [0.29, 0.717) is 0 Å². The fourth-order valence-electron chi connectivity index (χ4n) is 4.38. The monoisotopic (exact) mass is 668 g/mol. The van der Waals surface area contributed by atoms with Crippen molar-refractivity contribution in [2.24, 2.45) is 0 Å². The van der Waals surface area contributed by atoms with Gasteiger partial charge in [0.15, 0.2) is 0 Å². The van der Waals surface area contributed by atoms with Crippen LogP contribution in [0.1, 0.15) is 49.6 Å². The molecule has 3 nitrogen and oxygen atoms in total. The summed E-state index contributed by atoms with van der Waals surface area (Å²) in [5.74, 6) is 0. The smallest absolute Gasteiger partial charge is 0.0285 e. The van der Waals surface area contributed by atoms with Gasteiger partial charge in [-0.15, -0.1) is 41.5 Å². The minimum atomic E-state index is 0. The van der Waals surface area contributed by atoms with Crippen LogP contribution in [0.3, 0.4) is 0 Å². The third-order valence-corrected chi connectivity index (χ3v) is 7.60. The summed E-state index contributed by atoms with van der Waals surface area (Å²) in [6, 6.07) is 24.5. The second-order valence-corrected chi connectivity index (χ2v) is 10.9. The van der Waals surface area contributed by atoms with Crippen LogP contribution in [0.15, 0.2) is 73.2 Å². The quantitative estimate of drug-likeness (QED) is 0.180. The van der Waals surface area contributed by atoms with Gasteiger partial charge in [0.05, 0.1) is 0 Å². The molecule has 36 heavy (non-hydrogen) atoms. The van der Waals surface area contributed by atoms with Gasteiger partial charge in [0, 0.05) is 38.0 Å². The van der Waals surface area contributed by atoms with Crippen LogP contribution < -0.4 is 0 Å². The third-order valence-electron chi connectivity index (χ3n) is 6.30. The molecule has 0 N–H and O–H groups in total. The Kier molecular flexibility index (Phi) is 8.46. The maximum Gasteiger partial charge on any atom is 0.0285 e. The summed E-state index contributed by atoms with van der Waals surface area (Å²) in [5.41, 5.74) is 8.22. The molecule has 5 aromatic rings. The van der Waals surface area contributed by atoms with Crippen LogP contribution in [0.5, 0.6) is 0 Å². The number of hydrogen-bond donors (Lipinski definition) is 0. The molecule has 4 aromatic heterocycles. The second-order valence-electron chi connectivity index (χ2n) is 9.84. The van der Waals surface area contributed by atoms with Gasteiger partial charge in [0.25, 0.3) is 0 Å². The van der Waals surface area contributed by atoms with E-state index in [1.165, 1.54) is 51.9 Å². The topological polar surface area (TPSA) is 38.7 Å². The normalized spacial score (nSPS) is 12.8. The molecule has 0 bridgehead atoms. The molecular weight excluding hydrogens is 639 g/mol. The Morgan fingerprint density at radius 2 is 1.64 bits per heavy atom. The summed E-state index contributed by atoms with van der Waals surface area (Å²) < 4.78 is 1.26. The van der Waals surface area contributed by atoms with Crippen molar-refractivity contribution in [1.29, 1.82) is 0 Å². The summed E-state index contributed by atoms with van der Waals surface area (Å²) >= 11 is 1.90. The maximum absolute atomic E-state index is 4.64. The third kappa shape index (κ3) is 5.81. The largest absolute Gasteiger partial charge is 0.321 e. The van der Waals surface area contributed by atoms with Gasteiger partial charge in [0.2, 0.25) is 0 Å². The number of thiophene rings is 1. The van der Waals surface area contributed by atoms with E-state index in [4.69, 9.17) is 0 Å². The fraction of sp³-hybridized carbons (Fsp3) is 0.258. The molecule has 0 fully saturated rings. The zero-order chi connectivity index (χ0) is 24.3. The van der Waals surface area contributed by atoms with Crippen LogP contribution >= 0.6 is 11.3 Å². The Hall–Kier alpha value is -2.72. The molecule has 185 valence electrons. The Bertz CT molecular complexity index is 1390. The number of aromatic nitrogens is 3. The number of hydrogen-bond acceptors (Lipinski definition) is 4. The van der Waals surface area contributed by atoms with Crippen molar-refractivity contribution < 1.29 is 20.1 Å². The van der Waals surface area contributed by atoms with Gasteiger partial charge in [-0.1, -0.05) is 44.5 Å². The van der Waals surface area contributed by atoms with Gasteiger partial charge in [0.1, 0.15) is 0 Å². The minimum Gasteiger partial charge on any atom is -0.321 e. The first-order valence-electron chi connectivity index (χ1n) is 12.2. The van der Waals surface area contributed by atoms with Crippen molar-refractivity contribution in [3.63, 3.8) is 0 Å². The van der Waals surface area contributed by atoms with E-state index in [1.54, 1.807) is 6.20 Å². The van der Waals surface area contributed by atoms with Gasteiger partial charge in [-0.05, 0) is 76.0 Å². The van der Waals surface area contributed by atoms with E-state index in [0.717, 1.165) is 22.5 Å². The molecule has 4 heterocycles. The first-order chi connectivity index (χ1) is 17.0. The van der Waals surface area contributed by atoms with E-state index >= 15 is 0 Å². The van der Waals surface area contributed by atoms with Crippen LogP contribution in [0.25, 0.3) is 32.7 Å². The zero-order valence-electron chi connectivity index (χ0n) is 20.8. The molecule has 0 unspecified atom stereocenters. The van der Waals surface area contributed by atoms with Crippen molar-refractivity contribution in [2.75, 3.05) is 0 Å². The minimum absolute atomic E-state index is 0. The number of rotatable bonds is 2. The molecule has 0 amide bonds. The summed E-state index contributed by atoms with van der Waals surface area (Å²) in [6.45, 7) is 6.71. The molecule has 0 spiro atoms. The first kappa shape index (κ1) is 26.3. The molecule has 0 saturated heterocycles. The van der Waals surface area contributed by atoms with E-state index in [-0.39, 0.29) is 25.5 Å². The Labute approximate surface area is 231 Å². The van der Waals surface area contributed by atoms with Crippen molar-refractivity contribution >= 4 is 21.6 Å². The summed E-state index contributed by atoms with van der Waals surface area (Å²) in [5, 5.41) is 0.